The van der Waals surface area contributed by atoms with E-state index in [1.165, 1.54) is 18.2 Å². The summed E-state index contributed by atoms with van der Waals surface area (Å²) in [7, 11) is 0. The van der Waals surface area contributed by atoms with Gasteiger partial charge in [-0.15, -0.1) is 0 Å². The first-order valence-electron chi connectivity index (χ1n) is 7.66. The van der Waals surface area contributed by atoms with Crippen LogP contribution in [0.5, 0.6) is 0 Å². The zero-order valence-corrected chi connectivity index (χ0v) is 16.7. The maximum absolute atomic E-state index is 12.2. The van der Waals surface area contributed by atoms with E-state index in [-0.39, 0.29) is 33.0 Å². The molecule has 3 rings (SSSR count). The number of carbonyl (C=O) groups is 1. The minimum atomic E-state index is -0.348. The van der Waals surface area contributed by atoms with Crippen molar-refractivity contribution < 1.29 is 4.79 Å². The lowest BCUT2D eigenvalue weighted by Gasteiger charge is -2.10. The molecule has 0 saturated heterocycles. The van der Waals surface area contributed by atoms with Gasteiger partial charge in [0, 0.05) is 16.7 Å². The number of aromatic amines is 1. The van der Waals surface area contributed by atoms with Crippen molar-refractivity contribution in [3.8, 4) is 11.3 Å². The molecule has 0 unspecified atom stereocenters. The van der Waals surface area contributed by atoms with Crippen LogP contribution in [-0.4, -0.2) is 21.6 Å². The van der Waals surface area contributed by atoms with Gasteiger partial charge in [-0.1, -0.05) is 76.9 Å². The molecule has 9 heteroatoms. The normalized spacial score (nSPS) is 10.6. The Morgan fingerprint density at radius 3 is 2.41 bits per heavy atom. The van der Waals surface area contributed by atoms with Gasteiger partial charge in [0.25, 0.3) is 5.56 Å². The average Bonchev–Trinajstić information content (AvgIpc) is 2.63. The largest absolute Gasteiger partial charge is 0.323 e. The third-order valence-corrected chi connectivity index (χ3v) is 5.09. The molecule has 0 spiro atoms. The SMILES string of the molecule is O=C(CSc1nc(-c2ccccc2)cc(=O)[nH]1)Nc1c(Cl)cc(Cl)cc1Cl. The molecule has 0 saturated carbocycles. The van der Waals surface area contributed by atoms with Crippen LogP contribution in [0.1, 0.15) is 0 Å². The number of carbonyl (C=O) groups excluding carboxylic acids is 1. The van der Waals surface area contributed by atoms with Crippen molar-refractivity contribution >= 4 is 58.2 Å². The highest BCUT2D eigenvalue weighted by atomic mass is 35.5. The molecule has 3 aromatic rings. The number of hydrogen-bond acceptors (Lipinski definition) is 4. The van der Waals surface area contributed by atoms with E-state index in [0.29, 0.717) is 15.9 Å². The van der Waals surface area contributed by atoms with Gasteiger partial charge < -0.3 is 10.3 Å². The van der Waals surface area contributed by atoms with E-state index in [4.69, 9.17) is 34.8 Å². The van der Waals surface area contributed by atoms with Gasteiger partial charge in [-0.2, -0.15) is 0 Å². The van der Waals surface area contributed by atoms with Gasteiger partial charge in [0.2, 0.25) is 5.91 Å². The van der Waals surface area contributed by atoms with E-state index in [0.717, 1.165) is 17.3 Å². The van der Waals surface area contributed by atoms with Gasteiger partial charge in [-0.25, -0.2) is 4.98 Å². The molecule has 2 aromatic carbocycles. The van der Waals surface area contributed by atoms with Gasteiger partial charge in [-0.05, 0) is 12.1 Å². The highest BCUT2D eigenvalue weighted by Crippen LogP contribution is 2.33. The number of hydrogen-bond donors (Lipinski definition) is 2. The van der Waals surface area contributed by atoms with Crippen LogP contribution in [0.3, 0.4) is 0 Å². The molecule has 1 heterocycles. The van der Waals surface area contributed by atoms with Gasteiger partial charge in [-0.3, -0.25) is 9.59 Å². The maximum atomic E-state index is 12.2. The topological polar surface area (TPSA) is 74.8 Å². The van der Waals surface area contributed by atoms with Crippen LogP contribution in [0.15, 0.2) is 58.5 Å². The van der Waals surface area contributed by atoms with E-state index in [1.807, 2.05) is 30.3 Å². The van der Waals surface area contributed by atoms with Crippen LogP contribution in [0.2, 0.25) is 15.1 Å². The Balaban J connectivity index is 1.71. The molecule has 138 valence electrons. The third-order valence-electron chi connectivity index (χ3n) is 3.40. The minimum Gasteiger partial charge on any atom is -0.323 e. The number of benzene rings is 2. The number of rotatable bonds is 5. The van der Waals surface area contributed by atoms with Crippen LogP contribution >= 0.6 is 46.6 Å². The highest BCUT2D eigenvalue weighted by molar-refractivity contribution is 7.99. The second kappa shape index (κ2) is 8.80. The van der Waals surface area contributed by atoms with Crippen LogP contribution in [0, 0.1) is 0 Å². The summed E-state index contributed by atoms with van der Waals surface area (Å²) in [5.74, 6) is -0.338. The molecule has 0 aliphatic rings. The van der Waals surface area contributed by atoms with E-state index >= 15 is 0 Å². The lowest BCUT2D eigenvalue weighted by Crippen LogP contribution is -2.16. The number of aromatic nitrogens is 2. The molecule has 0 aliphatic carbocycles. The van der Waals surface area contributed by atoms with Gasteiger partial charge >= 0.3 is 0 Å². The van der Waals surface area contributed by atoms with Gasteiger partial charge in [0.05, 0.1) is 27.2 Å². The van der Waals surface area contributed by atoms with Crippen molar-refractivity contribution in [2.24, 2.45) is 0 Å². The summed E-state index contributed by atoms with van der Waals surface area (Å²) in [6, 6.07) is 13.7. The predicted molar refractivity (Wildman–Crippen MR) is 111 cm³/mol. The van der Waals surface area contributed by atoms with Crippen LogP contribution in [0.4, 0.5) is 5.69 Å². The summed E-state index contributed by atoms with van der Waals surface area (Å²) in [5, 5.41) is 3.82. The lowest BCUT2D eigenvalue weighted by molar-refractivity contribution is -0.113. The first-order chi connectivity index (χ1) is 12.9. The Morgan fingerprint density at radius 1 is 1.07 bits per heavy atom. The summed E-state index contributed by atoms with van der Waals surface area (Å²) in [6.45, 7) is 0. The summed E-state index contributed by atoms with van der Waals surface area (Å²) < 4.78 is 0. The van der Waals surface area contributed by atoms with E-state index in [1.54, 1.807) is 0 Å². The maximum Gasteiger partial charge on any atom is 0.252 e. The van der Waals surface area contributed by atoms with Crippen LogP contribution < -0.4 is 10.9 Å². The minimum absolute atomic E-state index is 0.0104. The number of amides is 1. The Hall–Kier alpha value is -1.99. The zero-order valence-electron chi connectivity index (χ0n) is 13.6. The Bertz CT molecular complexity index is 1020. The molecule has 1 aromatic heterocycles. The summed E-state index contributed by atoms with van der Waals surface area (Å²) >= 11 is 19.1. The van der Waals surface area contributed by atoms with Crippen molar-refractivity contribution in [3.05, 3.63) is 74.0 Å². The van der Waals surface area contributed by atoms with Crippen LogP contribution in [0.25, 0.3) is 11.3 Å². The average molecular weight is 441 g/mol. The first kappa shape index (κ1) is 19.8. The molecule has 1 amide bonds. The lowest BCUT2D eigenvalue weighted by atomic mass is 10.1. The molecule has 5 nitrogen and oxygen atoms in total. The number of anilines is 1. The number of nitrogens with one attached hydrogen (secondary N) is 2. The molecule has 0 radical (unpaired) electrons. The first-order valence-corrected chi connectivity index (χ1v) is 9.78. The number of nitrogens with zero attached hydrogens (tertiary/aromatic N) is 1. The Kier molecular flexibility index (Phi) is 6.44. The van der Waals surface area contributed by atoms with Crippen molar-refractivity contribution in [1.29, 1.82) is 0 Å². The molecule has 2 N–H and O–H groups in total. The molecule has 27 heavy (non-hydrogen) atoms. The Morgan fingerprint density at radius 2 is 1.74 bits per heavy atom. The molecule has 0 atom stereocenters. The zero-order chi connectivity index (χ0) is 19.4. The summed E-state index contributed by atoms with van der Waals surface area (Å²) in [4.78, 5) is 31.1. The standard InChI is InChI=1S/C18H12Cl3N3O2S/c19-11-6-12(20)17(13(21)7-11)23-16(26)9-27-18-22-14(8-15(25)24-18)10-4-2-1-3-5-10/h1-8H,9H2,(H,23,26)(H,22,24,25). The van der Waals surface area contributed by atoms with E-state index in [2.05, 4.69) is 15.3 Å². The fourth-order valence-corrected chi connectivity index (χ4v) is 3.82. The second-order valence-corrected chi connectivity index (χ2v) is 7.60. The number of H-pyrrole nitrogens is 1. The summed E-state index contributed by atoms with van der Waals surface area (Å²) in [5.41, 5.74) is 1.34. The quantitative estimate of drug-likeness (QED) is 0.426. The van der Waals surface area contributed by atoms with Crippen molar-refractivity contribution in [2.75, 3.05) is 11.1 Å². The molecule has 0 fully saturated rings. The van der Waals surface area contributed by atoms with E-state index in [9.17, 15) is 9.59 Å². The summed E-state index contributed by atoms with van der Waals surface area (Å²) in [6.07, 6.45) is 0. The van der Waals surface area contributed by atoms with Gasteiger partial charge in [0.15, 0.2) is 5.16 Å². The molecule has 0 aliphatic heterocycles. The molecular weight excluding hydrogens is 429 g/mol. The van der Waals surface area contributed by atoms with Crippen LogP contribution in [-0.2, 0) is 4.79 Å². The number of thioether (sulfide) groups is 1. The second-order valence-electron chi connectivity index (χ2n) is 5.38. The van der Waals surface area contributed by atoms with E-state index < -0.39 is 0 Å². The van der Waals surface area contributed by atoms with Crippen molar-refractivity contribution in [3.63, 3.8) is 0 Å². The Labute approximate surface area is 174 Å². The third kappa shape index (κ3) is 5.26. The van der Waals surface area contributed by atoms with Crippen molar-refractivity contribution in [1.82, 2.24) is 9.97 Å². The smallest absolute Gasteiger partial charge is 0.252 e. The fourth-order valence-electron chi connectivity index (χ4n) is 2.23. The van der Waals surface area contributed by atoms with Gasteiger partial charge in [0.1, 0.15) is 0 Å². The highest BCUT2D eigenvalue weighted by Gasteiger charge is 2.13. The fraction of sp³-hybridized carbons (Fsp3) is 0.0556. The van der Waals surface area contributed by atoms with Crippen molar-refractivity contribution in [2.45, 2.75) is 5.16 Å². The number of halogens is 3. The monoisotopic (exact) mass is 439 g/mol. The molecule has 0 bridgehead atoms. The molecular formula is C18H12Cl3N3O2S. The predicted octanol–water partition coefficient (Wildman–Crippen LogP) is 5.13.